The van der Waals surface area contributed by atoms with Gasteiger partial charge in [0.25, 0.3) is 0 Å². The van der Waals surface area contributed by atoms with Crippen molar-refractivity contribution in [2.75, 3.05) is 14.2 Å². The predicted octanol–water partition coefficient (Wildman–Crippen LogP) is 7.09. The molecule has 0 radical (unpaired) electrons. The average Bonchev–Trinajstić information content (AvgIpc) is 2.91. The van der Waals surface area contributed by atoms with Gasteiger partial charge in [0.15, 0.2) is 0 Å². The van der Waals surface area contributed by atoms with Gasteiger partial charge < -0.3 is 9.47 Å². The molecule has 0 aliphatic heterocycles. The number of hydrogen-bond donors (Lipinski definition) is 0. The molecule has 162 valence electrons. The summed E-state index contributed by atoms with van der Waals surface area (Å²) in [7, 11) is 3.07. The molecule has 34 heavy (non-hydrogen) atoms. The standard InChI is InChI=1S/C30H20N2O2/c1-33-29-23(17-31)24(18-32)30(34-2)28-26(20-13-7-4-8-14-20)22-16-10-9-15-21(22)25(27(28)29)19-11-5-3-6-12-19/h3-16H,1-2H3. The Kier molecular flexibility index (Phi) is 5.34. The van der Waals surface area contributed by atoms with E-state index in [1.54, 1.807) is 0 Å². The van der Waals surface area contributed by atoms with Crippen LogP contribution in [-0.2, 0) is 0 Å². The molecule has 0 atom stereocenters. The van der Waals surface area contributed by atoms with Crippen molar-refractivity contribution in [1.82, 2.24) is 0 Å². The van der Waals surface area contributed by atoms with Gasteiger partial charge >= 0.3 is 0 Å². The van der Waals surface area contributed by atoms with Gasteiger partial charge in [-0.15, -0.1) is 0 Å². The predicted molar refractivity (Wildman–Crippen MR) is 135 cm³/mol. The summed E-state index contributed by atoms with van der Waals surface area (Å²) < 4.78 is 11.7. The first-order chi connectivity index (χ1) is 16.7. The van der Waals surface area contributed by atoms with E-state index in [9.17, 15) is 10.5 Å². The van der Waals surface area contributed by atoms with Crippen molar-refractivity contribution in [3.8, 4) is 45.9 Å². The Labute approximate surface area is 197 Å². The second kappa shape index (κ2) is 8.62. The second-order valence-electron chi connectivity index (χ2n) is 7.82. The Morgan fingerprint density at radius 1 is 0.529 bits per heavy atom. The zero-order valence-electron chi connectivity index (χ0n) is 18.8. The van der Waals surface area contributed by atoms with Crippen molar-refractivity contribution in [3.63, 3.8) is 0 Å². The number of rotatable bonds is 4. The van der Waals surface area contributed by atoms with Gasteiger partial charge in [0, 0.05) is 21.9 Å². The second-order valence-corrected chi connectivity index (χ2v) is 7.82. The van der Waals surface area contributed by atoms with Crippen LogP contribution in [0.15, 0.2) is 84.9 Å². The summed E-state index contributed by atoms with van der Waals surface area (Å²) in [6.07, 6.45) is 0. The van der Waals surface area contributed by atoms with E-state index in [0.717, 1.165) is 43.8 Å². The lowest BCUT2D eigenvalue weighted by Crippen LogP contribution is -2.02. The summed E-state index contributed by atoms with van der Waals surface area (Å²) in [5.74, 6) is 0.744. The first-order valence-electron chi connectivity index (χ1n) is 10.8. The summed E-state index contributed by atoms with van der Waals surface area (Å²) in [5, 5.41) is 23.7. The summed E-state index contributed by atoms with van der Waals surface area (Å²) >= 11 is 0. The highest BCUT2D eigenvalue weighted by atomic mass is 16.5. The van der Waals surface area contributed by atoms with E-state index in [1.165, 1.54) is 14.2 Å². The molecule has 4 nitrogen and oxygen atoms in total. The molecule has 0 aromatic heterocycles. The molecular formula is C30H20N2O2. The molecule has 4 heteroatoms. The number of nitriles is 2. The Morgan fingerprint density at radius 3 is 1.21 bits per heavy atom. The van der Waals surface area contributed by atoms with Gasteiger partial charge in [-0.2, -0.15) is 10.5 Å². The molecule has 0 bridgehead atoms. The maximum atomic E-state index is 10.1. The van der Waals surface area contributed by atoms with Crippen LogP contribution in [0, 0.1) is 22.7 Å². The van der Waals surface area contributed by atoms with Crippen molar-refractivity contribution in [1.29, 1.82) is 10.5 Å². The molecule has 0 saturated carbocycles. The van der Waals surface area contributed by atoms with E-state index in [1.807, 2.05) is 72.8 Å². The molecule has 0 N–H and O–H groups in total. The van der Waals surface area contributed by atoms with Gasteiger partial charge in [-0.05, 0) is 21.9 Å². The van der Waals surface area contributed by atoms with Crippen LogP contribution in [0.25, 0.3) is 43.8 Å². The van der Waals surface area contributed by atoms with E-state index in [-0.39, 0.29) is 11.1 Å². The minimum Gasteiger partial charge on any atom is -0.495 e. The molecule has 0 heterocycles. The summed E-state index contributed by atoms with van der Waals surface area (Å²) in [6, 6.07) is 32.6. The van der Waals surface area contributed by atoms with E-state index in [0.29, 0.717) is 11.5 Å². The number of methoxy groups -OCH3 is 2. The third-order valence-electron chi connectivity index (χ3n) is 6.13. The number of nitrogens with zero attached hydrogens (tertiary/aromatic N) is 2. The van der Waals surface area contributed by atoms with Crippen LogP contribution in [0.1, 0.15) is 11.1 Å². The van der Waals surface area contributed by atoms with Crippen LogP contribution in [0.3, 0.4) is 0 Å². The van der Waals surface area contributed by atoms with Gasteiger partial charge in [0.1, 0.15) is 34.8 Å². The third-order valence-corrected chi connectivity index (χ3v) is 6.13. The van der Waals surface area contributed by atoms with E-state index in [4.69, 9.17) is 9.47 Å². The van der Waals surface area contributed by atoms with Crippen LogP contribution in [0.5, 0.6) is 11.5 Å². The highest BCUT2D eigenvalue weighted by Crippen LogP contribution is 2.52. The maximum Gasteiger partial charge on any atom is 0.146 e. The quantitative estimate of drug-likeness (QED) is 0.280. The highest BCUT2D eigenvalue weighted by molar-refractivity contribution is 6.25. The minimum absolute atomic E-state index is 0.167. The van der Waals surface area contributed by atoms with Crippen LogP contribution < -0.4 is 9.47 Å². The molecule has 0 spiro atoms. The molecular weight excluding hydrogens is 420 g/mol. The van der Waals surface area contributed by atoms with Gasteiger partial charge in [-0.1, -0.05) is 84.9 Å². The van der Waals surface area contributed by atoms with Gasteiger partial charge in [-0.25, -0.2) is 0 Å². The van der Waals surface area contributed by atoms with Crippen LogP contribution in [-0.4, -0.2) is 14.2 Å². The number of fused-ring (bicyclic) bond motifs is 2. The molecule has 5 aromatic carbocycles. The monoisotopic (exact) mass is 440 g/mol. The molecule has 0 fully saturated rings. The molecule has 0 saturated heterocycles. The SMILES string of the molecule is COc1c(C#N)c(C#N)c(OC)c2c(-c3ccccc3)c3ccccc3c(-c3ccccc3)c12. The fourth-order valence-corrected chi connectivity index (χ4v) is 4.80. The van der Waals surface area contributed by atoms with Crippen LogP contribution in [0.4, 0.5) is 0 Å². The van der Waals surface area contributed by atoms with Gasteiger partial charge in [-0.3, -0.25) is 0 Å². The van der Waals surface area contributed by atoms with E-state index in [2.05, 4.69) is 24.3 Å². The molecule has 0 aliphatic rings. The van der Waals surface area contributed by atoms with Crippen molar-refractivity contribution in [2.45, 2.75) is 0 Å². The number of benzene rings is 5. The first kappa shape index (κ1) is 21.1. The van der Waals surface area contributed by atoms with Crippen molar-refractivity contribution in [2.24, 2.45) is 0 Å². The maximum absolute atomic E-state index is 10.1. The molecule has 0 aliphatic carbocycles. The van der Waals surface area contributed by atoms with Crippen LogP contribution >= 0.6 is 0 Å². The van der Waals surface area contributed by atoms with E-state index < -0.39 is 0 Å². The van der Waals surface area contributed by atoms with E-state index >= 15 is 0 Å². The lowest BCUT2D eigenvalue weighted by Gasteiger charge is -2.22. The highest BCUT2D eigenvalue weighted by Gasteiger charge is 2.28. The summed E-state index contributed by atoms with van der Waals surface area (Å²) in [5.41, 5.74) is 4.17. The molecule has 5 aromatic rings. The smallest absolute Gasteiger partial charge is 0.146 e. The fraction of sp³-hybridized carbons (Fsp3) is 0.0667. The van der Waals surface area contributed by atoms with Gasteiger partial charge in [0.05, 0.1) is 14.2 Å². The van der Waals surface area contributed by atoms with Crippen molar-refractivity contribution in [3.05, 3.63) is 96.1 Å². The average molecular weight is 441 g/mol. The normalized spacial score (nSPS) is 10.6. The van der Waals surface area contributed by atoms with Crippen LogP contribution in [0.2, 0.25) is 0 Å². The Bertz CT molecular complexity index is 1500. The Balaban J connectivity index is 2.21. The minimum atomic E-state index is 0.167. The third kappa shape index (κ3) is 3.05. The lowest BCUT2D eigenvalue weighted by atomic mass is 9.83. The van der Waals surface area contributed by atoms with Gasteiger partial charge in [0.2, 0.25) is 0 Å². The summed E-state index contributed by atoms with van der Waals surface area (Å²) in [6.45, 7) is 0. The Hall–Kier alpha value is -4.80. The zero-order chi connectivity index (χ0) is 23.7. The summed E-state index contributed by atoms with van der Waals surface area (Å²) in [4.78, 5) is 0. The fourth-order valence-electron chi connectivity index (χ4n) is 4.80. The first-order valence-corrected chi connectivity index (χ1v) is 10.8. The Morgan fingerprint density at radius 2 is 0.882 bits per heavy atom. The topological polar surface area (TPSA) is 66.0 Å². The number of ether oxygens (including phenoxy) is 2. The molecule has 5 rings (SSSR count). The zero-order valence-corrected chi connectivity index (χ0v) is 18.8. The lowest BCUT2D eigenvalue weighted by molar-refractivity contribution is 0.408. The molecule has 0 unspecified atom stereocenters. The number of hydrogen-bond acceptors (Lipinski definition) is 4. The molecule has 0 amide bonds. The largest absolute Gasteiger partial charge is 0.495 e. The van der Waals surface area contributed by atoms with Crippen molar-refractivity contribution < 1.29 is 9.47 Å². The van der Waals surface area contributed by atoms with Crippen molar-refractivity contribution >= 4 is 21.5 Å².